The lowest BCUT2D eigenvalue weighted by molar-refractivity contribution is -0.140. The van der Waals surface area contributed by atoms with Crippen molar-refractivity contribution in [1.82, 2.24) is 9.80 Å². The third-order valence-corrected chi connectivity index (χ3v) is 6.29. The molecule has 2 fully saturated rings. The molecule has 2 aliphatic heterocycles. The molecular formula is C21H28N2O2. The van der Waals surface area contributed by atoms with Crippen molar-refractivity contribution in [3.63, 3.8) is 0 Å². The Balaban J connectivity index is 1.29. The van der Waals surface area contributed by atoms with E-state index in [9.17, 15) is 9.59 Å². The van der Waals surface area contributed by atoms with Gasteiger partial charge in [0.15, 0.2) is 0 Å². The second-order valence-electron chi connectivity index (χ2n) is 7.83. The van der Waals surface area contributed by atoms with Gasteiger partial charge in [-0.2, -0.15) is 0 Å². The maximum atomic E-state index is 12.7. The summed E-state index contributed by atoms with van der Waals surface area (Å²) in [7, 11) is 0. The Kier molecular flexibility index (Phi) is 4.78. The number of carbonyl (C=O) groups excluding carboxylic acids is 2. The molecule has 0 unspecified atom stereocenters. The minimum absolute atomic E-state index is 0.134. The molecule has 1 aliphatic carbocycles. The van der Waals surface area contributed by atoms with Gasteiger partial charge in [0.1, 0.15) is 0 Å². The molecule has 1 atom stereocenters. The van der Waals surface area contributed by atoms with E-state index >= 15 is 0 Å². The Labute approximate surface area is 150 Å². The molecule has 4 rings (SSSR count). The van der Waals surface area contributed by atoms with E-state index in [1.165, 1.54) is 11.1 Å². The lowest BCUT2D eigenvalue weighted by Gasteiger charge is -2.33. The van der Waals surface area contributed by atoms with Gasteiger partial charge in [0.05, 0.1) is 0 Å². The zero-order chi connectivity index (χ0) is 17.2. The molecule has 0 radical (unpaired) electrons. The van der Waals surface area contributed by atoms with Crippen molar-refractivity contribution >= 4 is 11.8 Å². The van der Waals surface area contributed by atoms with Crippen molar-refractivity contribution in [1.29, 1.82) is 0 Å². The molecule has 1 aromatic rings. The first-order valence-electron chi connectivity index (χ1n) is 9.87. The van der Waals surface area contributed by atoms with Gasteiger partial charge in [-0.3, -0.25) is 9.59 Å². The Bertz CT molecular complexity index is 643. The maximum Gasteiger partial charge on any atom is 0.225 e. The zero-order valence-corrected chi connectivity index (χ0v) is 15.0. The van der Waals surface area contributed by atoms with Crippen LogP contribution in [-0.2, 0) is 16.0 Å². The normalized spacial score (nSPS) is 23.8. The lowest BCUT2D eigenvalue weighted by atomic mass is 9.93. The van der Waals surface area contributed by atoms with E-state index in [2.05, 4.69) is 24.3 Å². The molecule has 3 aliphatic rings. The van der Waals surface area contributed by atoms with Crippen LogP contribution in [0.2, 0.25) is 0 Å². The van der Waals surface area contributed by atoms with E-state index < -0.39 is 0 Å². The number of benzene rings is 1. The van der Waals surface area contributed by atoms with Crippen LogP contribution in [0.25, 0.3) is 0 Å². The predicted molar refractivity (Wildman–Crippen MR) is 97.2 cm³/mol. The van der Waals surface area contributed by atoms with Crippen molar-refractivity contribution in [2.45, 2.75) is 50.9 Å². The summed E-state index contributed by atoms with van der Waals surface area (Å²) in [5, 5.41) is 0. The number of hydrogen-bond donors (Lipinski definition) is 0. The van der Waals surface area contributed by atoms with Crippen LogP contribution >= 0.6 is 0 Å². The predicted octanol–water partition coefficient (Wildman–Crippen LogP) is 2.97. The molecule has 0 bridgehead atoms. The number of likely N-dealkylation sites (tertiary alicyclic amines) is 2. The van der Waals surface area contributed by atoms with Crippen LogP contribution in [0.4, 0.5) is 0 Å². The van der Waals surface area contributed by atoms with Crippen LogP contribution in [0.5, 0.6) is 0 Å². The van der Waals surface area contributed by atoms with Crippen molar-refractivity contribution in [2.75, 3.05) is 26.2 Å². The Hall–Kier alpha value is -1.84. The molecule has 25 heavy (non-hydrogen) atoms. The van der Waals surface area contributed by atoms with Gasteiger partial charge < -0.3 is 9.80 Å². The van der Waals surface area contributed by atoms with E-state index in [1.54, 1.807) is 0 Å². The topological polar surface area (TPSA) is 40.6 Å². The van der Waals surface area contributed by atoms with Crippen LogP contribution in [0.1, 0.15) is 55.6 Å². The van der Waals surface area contributed by atoms with Crippen molar-refractivity contribution in [3.8, 4) is 0 Å². The average Bonchev–Trinajstić information content (AvgIpc) is 3.32. The van der Waals surface area contributed by atoms with Gasteiger partial charge in [-0.15, -0.1) is 0 Å². The maximum absolute atomic E-state index is 12.7. The molecule has 134 valence electrons. The Morgan fingerprint density at radius 2 is 1.64 bits per heavy atom. The SMILES string of the molecule is O=C(C[C@H]1CCc2ccccc21)N1CCC(C(=O)N2CCCC2)CC1. The molecule has 1 aromatic carbocycles. The average molecular weight is 340 g/mol. The third-order valence-electron chi connectivity index (χ3n) is 6.29. The quantitative estimate of drug-likeness (QED) is 0.849. The summed E-state index contributed by atoms with van der Waals surface area (Å²) in [6.45, 7) is 3.35. The summed E-state index contributed by atoms with van der Waals surface area (Å²) in [5.74, 6) is 1.12. The minimum atomic E-state index is 0.134. The van der Waals surface area contributed by atoms with Crippen molar-refractivity contribution in [3.05, 3.63) is 35.4 Å². The van der Waals surface area contributed by atoms with Gasteiger partial charge in [-0.05, 0) is 55.6 Å². The van der Waals surface area contributed by atoms with E-state index in [1.807, 2.05) is 9.80 Å². The molecule has 4 heteroatoms. The van der Waals surface area contributed by atoms with Gasteiger partial charge >= 0.3 is 0 Å². The Morgan fingerprint density at radius 1 is 0.920 bits per heavy atom. The minimum Gasteiger partial charge on any atom is -0.343 e. The molecule has 0 aromatic heterocycles. The molecular weight excluding hydrogens is 312 g/mol. The fourth-order valence-corrected chi connectivity index (χ4v) is 4.77. The first-order chi connectivity index (χ1) is 12.2. The molecule has 2 amide bonds. The second kappa shape index (κ2) is 7.19. The summed E-state index contributed by atoms with van der Waals surface area (Å²) in [5.41, 5.74) is 2.78. The summed E-state index contributed by atoms with van der Waals surface area (Å²) in [6.07, 6.45) is 6.78. The number of piperidine rings is 1. The third kappa shape index (κ3) is 3.44. The largest absolute Gasteiger partial charge is 0.343 e. The molecule has 0 N–H and O–H groups in total. The van der Waals surface area contributed by atoms with Crippen LogP contribution in [0.15, 0.2) is 24.3 Å². The highest BCUT2D eigenvalue weighted by molar-refractivity contribution is 5.80. The number of amides is 2. The molecule has 2 saturated heterocycles. The van der Waals surface area contributed by atoms with Crippen LogP contribution in [0.3, 0.4) is 0 Å². The number of hydrogen-bond acceptors (Lipinski definition) is 2. The van der Waals surface area contributed by atoms with E-state index in [0.717, 1.165) is 64.7 Å². The highest BCUT2D eigenvalue weighted by atomic mass is 16.2. The Morgan fingerprint density at radius 3 is 2.40 bits per heavy atom. The smallest absolute Gasteiger partial charge is 0.225 e. The monoisotopic (exact) mass is 340 g/mol. The van der Waals surface area contributed by atoms with Crippen molar-refractivity contribution in [2.24, 2.45) is 5.92 Å². The van der Waals surface area contributed by atoms with Crippen LogP contribution < -0.4 is 0 Å². The van der Waals surface area contributed by atoms with Gasteiger partial charge in [-0.1, -0.05) is 24.3 Å². The fourth-order valence-electron chi connectivity index (χ4n) is 4.77. The van der Waals surface area contributed by atoms with Gasteiger partial charge in [0, 0.05) is 38.5 Å². The highest BCUT2D eigenvalue weighted by Crippen LogP contribution is 2.36. The van der Waals surface area contributed by atoms with E-state index in [-0.39, 0.29) is 11.8 Å². The van der Waals surface area contributed by atoms with Gasteiger partial charge in [0.2, 0.25) is 11.8 Å². The summed E-state index contributed by atoms with van der Waals surface area (Å²) in [6, 6.07) is 8.54. The number of fused-ring (bicyclic) bond motifs is 1. The fraction of sp³-hybridized carbons (Fsp3) is 0.619. The first-order valence-corrected chi connectivity index (χ1v) is 9.87. The van der Waals surface area contributed by atoms with E-state index in [0.29, 0.717) is 18.2 Å². The standard InChI is InChI=1S/C21H28N2O2/c24-20(15-18-8-7-16-5-1-2-6-19(16)18)22-13-9-17(10-14-22)21(25)23-11-3-4-12-23/h1-2,5-6,17-18H,3-4,7-15H2/t18-/m1/s1. The molecule has 2 heterocycles. The first kappa shape index (κ1) is 16.6. The van der Waals surface area contributed by atoms with Crippen LogP contribution in [-0.4, -0.2) is 47.8 Å². The zero-order valence-electron chi connectivity index (χ0n) is 15.0. The van der Waals surface area contributed by atoms with Gasteiger partial charge in [0.25, 0.3) is 0 Å². The molecule has 4 nitrogen and oxygen atoms in total. The number of aryl methyl sites for hydroxylation is 1. The summed E-state index contributed by atoms with van der Waals surface area (Å²) < 4.78 is 0. The van der Waals surface area contributed by atoms with Gasteiger partial charge in [-0.25, -0.2) is 0 Å². The second-order valence-corrected chi connectivity index (χ2v) is 7.83. The summed E-state index contributed by atoms with van der Waals surface area (Å²) >= 11 is 0. The summed E-state index contributed by atoms with van der Waals surface area (Å²) in [4.78, 5) is 29.3. The molecule has 0 saturated carbocycles. The highest BCUT2D eigenvalue weighted by Gasteiger charge is 2.32. The van der Waals surface area contributed by atoms with E-state index in [4.69, 9.17) is 0 Å². The number of rotatable bonds is 3. The van der Waals surface area contributed by atoms with Crippen molar-refractivity contribution < 1.29 is 9.59 Å². The number of nitrogens with zero attached hydrogens (tertiary/aromatic N) is 2. The van der Waals surface area contributed by atoms with Crippen LogP contribution in [0, 0.1) is 5.92 Å². The lowest BCUT2D eigenvalue weighted by Crippen LogP contribution is -2.44. The molecule has 0 spiro atoms. The number of carbonyl (C=O) groups is 2.